The maximum atomic E-state index is 15.0. The topological polar surface area (TPSA) is 217 Å². The van der Waals surface area contributed by atoms with E-state index in [4.69, 9.17) is 20.3 Å². The summed E-state index contributed by atoms with van der Waals surface area (Å²) >= 11 is 1.31. The van der Waals surface area contributed by atoms with Gasteiger partial charge in [0.15, 0.2) is 0 Å². The highest BCUT2D eigenvalue weighted by Crippen LogP contribution is 2.41. The number of hydrogen-bond acceptors (Lipinski definition) is 16. The average Bonchev–Trinajstić information content (AvgIpc) is 4.49. The van der Waals surface area contributed by atoms with Crippen molar-refractivity contribution >= 4 is 113 Å². The summed E-state index contributed by atoms with van der Waals surface area (Å²) in [6.45, 7) is 8.37. The number of hydrogen-bond donors (Lipinski definition) is 0. The molecule has 0 fully saturated rings. The summed E-state index contributed by atoms with van der Waals surface area (Å²) in [5.41, 5.74) is 6.05. The van der Waals surface area contributed by atoms with Crippen LogP contribution in [0.3, 0.4) is 0 Å². The van der Waals surface area contributed by atoms with Crippen molar-refractivity contribution in [3.8, 4) is 0 Å². The number of esters is 1. The van der Waals surface area contributed by atoms with Gasteiger partial charge in [0.2, 0.25) is 5.13 Å². The zero-order valence-electron chi connectivity index (χ0n) is 45.2. The van der Waals surface area contributed by atoms with Gasteiger partial charge >= 0.3 is 24.2 Å². The van der Waals surface area contributed by atoms with Gasteiger partial charge in [-0.05, 0) is 136 Å². The quantitative estimate of drug-likeness (QED) is 0.0338. The van der Waals surface area contributed by atoms with Crippen molar-refractivity contribution in [3.63, 3.8) is 0 Å². The van der Waals surface area contributed by atoms with E-state index < -0.39 is 30.1 Å². The van der Waals surface area contributed by atoms with Crippen LogP contribution in [-0.4, -0.2) is 121 Å². The molecule has 0 radical (unpaired) electrons. The molecule has 7 aromatic rings. The Hall–Kier alpha value is -8.46. The van der Waals surface area contributed by atoms with Crippen LogP contribution in [0.2, 0.25) is 0 Å². The molecule has 4 aromatic carbocycles. The number of carbonyl (C=O) groups is 7. The second-order valence-electron chi connectivity index (χ2n) is 18.6. The molecule has 2 aliphatic rings. The molecule has 0 bridgehead atoms. The molecule has 5 heterocycles. The summed E-state index contributed by atoms with van der Waals surface area (Å²) in [4.78, 5) is 106. The van der Waals surface area contributed by atoms with Crippen molar-refractivity contribution in [2.24, 2.45) is 10.2 Å². The van der Waals surface area contributed by atoms with Gasteiger partial charge in [0.05, 0.1) is 53.4 Å². The van der Waals surface area contributed by atoms with E-state index in [0.717, 1.165) is 31.8 Å². The number of amides is 4. The number of anilines is 3. The van der Waals surface area contributed by atoms with Crippen LogP contribution in [0.15, 0.2) is 89.1 Å². The van der Waals surface area contributed by atoms with E-state index >= 15 is 0 Å². The van der Waals surface area contributed by atoms with Crippen LogP contribution in [0.5, 0.6) is 0 Å². The lowest BCUT2D eigenvalue weighted by Gasteiger charge is -2.20. The number of fused-ring (bicyclic) bond motifs is 7. The first-order valence-electron chi connectivity index (χ1n) is 26.8. The first kappa shape index (κ1) is 53.0. The van der Waals surface area contributed by atoms with E-state index in [0.29, 0.717) is 119 Å². The van der Waals surface area contributed by atoms with E-state index in [-0.39, 0.29) is 63.1 Å². The highest BCUT2D eigenvalue weighted by Gasteiger charge is 2.36. The normalized spacial score (nSPS) is 13.0. The van der Waals surface area contributed by atoms with Gasteiger partial charge in [-0.15, -0.1) is 10.2 Å². The van der Waals surface area contributed by atoms with Crippen molar-refractivity contribution in [1.82, 2.24) is 19.0 Å². The molecule has 20 nitrogen and oxygen atoms in total. The van der Waals surface area contributed by atoms with Gasteiger partial charge in [0, 0.05) is 74.9 Å². The fourth-order valence-corrected chi connectivity index (χ4v) is 10.8. The first-order valence-corrected chi connectivity index (χ1v) is 27.0. The molecule has 0 aliphatic carbocycles. The molecule has 0 spiro atoms. The maximum Gasteiger partial charge on any atom is 0.419 e. The molecule has 406 valence electrons. The Morgan fingerprint density at radius 3 is 1.94 bits per heavy atom. The number of ether oxygens (including phenoxy) is 4. The number of azo groups is 1. The number of nitrogens with zero attached hydrogens (tertiary/aromatic N) is 9. The molecule has 21 heteroatoms. The number of unbranched alkanes of at least 4 members (excludes halogenated alkanes) is 3. The molecule has 4 amide bonds. The Morgan fingerprint density at radius 1 is 0.679 bits per heavy atom. The highest BCUT2D eigenvalue weighted by molar-refractivity contribution is 7.21. The minimum Gasteiger partial charge on any atom is -0.466 e. The minimum absolute atomic E-state index is 0.0183. The number of benzene rings is 4. The number of rotatable bonds is 18. The maximum absolute atomic E-state index is 15.0. The van der Waals surface area contributed by atoms with Gasteiger partial charge in [-0.1, -0.05) is 37.5 Å². The van der Waals surface area contributed by atoms with E-state index in [1.165, 1.54) is 22.8 Å². The molecule has 78 heavy (non-hydrogen) atoms. The highest BCUT2D eigenvalue weighted by atomic mass is 32.1. The molecule has 0 saturated carbocycles. The van der Waals surface area contributed by atoms with Crippen molar-refractivity contribution in [2.45, 2.75) is 79.5 Å². The third kappa shape index (κ3) is 10.9. The minimum atomic E-state index is -0.849. The van der Waals surface area contributed by atoms with Gasteiger partial charge in [0.25, 0.3) is 17.7 Å². The molecule has 0 atom stereocenters. The van der Waals surface area contributed by atoms with Gasteiger partial charge < -0.3 is 33.6 Å². The smallest absolute Gasteiger partial charge is 0.419 e. The molecule has 9 rings (SSSR count). The second kappa shape index (κ2) is 23.8. The summed E-state index contributed by atoms with van der Waals surface area (Å²) in [6, 6.07) is 22.9. The van der Waals surface area contributed by atoms with Gasteiger partial charge in [-0.25, -0.2) is 33.4 Å². The summed E-state index contributed by atoms with van der Waals surface area (Å²) in [5.74, 6) is -1.78. The first-order chi connectivity index (χ1) is 38.3. The van der Waals surface area contributed by atoms with Gasteiger partial charge in [-0.2, -0.15) is 0 Å². The number of aromatic nitrogens is 3. The third-order valence-electron chi connectivity index (χ3n) is 13.7. The predicted molar refractivity (Wildman–Crippen MR) is 296 cm³/mol. The van der Waals surface area contributed by atoms with E-state index in [1.807, 2.05) is 31.3 Å². The van der Waals surface area contributed by atoms with Crippen LogP contribution in [0.25, 0.3) is 32.0 Å². The lowest BCUT2D eigenvalue weighted by Crippen LogP contribution is -2.39. The molecule has 0 saturated heterocycles. The average molecular weight is 1080 g/mol. The van der Waals surface area contributed by atoms with Crippen molar-refractivity contribution in [3.05, 3.63) is 107 Å². The standard InChI is InChI=1S/C57H61N9O11S/c1-7-11-12-13-28-64(55(71)74-8-2)53(70)49-34-42-40-26-30-63(45(40)22-24-47(42)66(49)57(73)76-10-4)52(69)48-33-41-39-25-29-62(44(39)21-23-46(41)65(48)56(72)75-9-3)51(68)36-15-20-43-50(32-36)78-54(58-43)60-59-37-16-18-38(19-17-37)61(6)27-14-31-77-35(5)67/h15-24,32-34H,7-14,25-31H2,1-6H3/i1D. The fraction of sp³-hybridized carbons (Fsp3) is 0.368. The fourth-order valence-electron chi connectivity index (χ4n) is 10.0. The van der Waals surface area contributed by atoms with Crippen molar-refractivity contribution < 1.29 is 53.9 Å². The van der Waals surface area contributed by atoms with Crippen molar-refractivity contribution in [1.29, 1.82) is 0 Å². The predicted octanol–water partition coefficient (Wildman–Crippen LogP) is 11.6. The Morgan fingerprint density at radius 2 is 1.31 bits per heavy atom. The van der Waals surface area contributed by atoms with E-state index in [2.05, 4.69) is 20.1 Å². The molecule has 0 unspecified atom stereocenters. The molecule has 2 aliphatic heterocycles. The number of thiazole rings is 1. The summed E-state index contributed by atoms with van der Waals surface area (Å²) in [5, 5.41) is 10.3. The van der Waals surface area contributed by atoms with E-state index in [1.54, 1.807) is 85.2 Å². The SMILES string of the molecule is [2H]CCCCCCN(C(=O)OCC)C(=O)c1cc2c3c(ccc2n1C(=O)OCC)N(C(=O)c1cc2c4c(ccc2n1C(=O)OCC)N(C(=O)c1ccc2nc(N=Nc5ccc(N(C)CCCOC(C)=O)cc5)sc2c1)CC4)CC3. The van der Waals surface area contributed by atoms with Crippen LogP contribution in [0.4, 0.5) is 42.3 Å². The van der Waals surface area contributed by atoms with Crippen molar-refractivity contribution in [2.75, 3.05) is 74.4 Å². The monoisotopic (exact) mass is 1080 g/mol. The zero-order chi connectivity index (χ0) is 55.9. The van der Waals surface area contributed by atoms with Gasteiger partial charge in [0.1, 0.15) is 11.4 Å². The van der Waals surface area contributed by atoms with Crippen LogP contribution >= 0.6 is 11.3 Å². The number of imide groups is 1. The van der Waals surface area contributed by atoms with Crippen LogP contribution in [0.1, 0.15) is 111 Å². The van der Waals surface area contributed by atoms with E-state index in [9.17, 15) is 33.6 Å². The lowest BCUT2D eigenvalue weighted by atomic mass is 10.1. The molecule has 0 N–H and O–H groups in total. The molecular formula is C57H61N9O11S. The summed E-state index contributed by atoms with van der Waals surface area (Å²) in [6.07, 6.45) is 1.67. The lowest BCUT2D eigenvalue weighted by molar-refractivity contribution is -0.141. The van der Waals surface area contributed by atoms with Gasteiger partial charge in [-0.3, -0.25) is 19.2 Å². The third-order valence-corrected chi connectivity index (χ3v) is 14.6. The summed E-state index contributed by atoms with van der Waals surface area (Å²) < 4.78 is 31.9. The largest absolute Gasteiger partial charge is 0.466 e. The number of carbonyl (C=O) groups excluding carboxylic acids is 7. The van der Waals surface area contributed by atoms with Crippen LogP contribution in [-0.2, 0) is 36.6 Å². The summed E-state index contributed by atoms with van der Waals surface area (Å²) in [7, 11) is 1.96. The second-order valence-corrected chi connectivity index (χ2v) is 19.6. The van der Waals surface area contributed by atoms with Crippen LogP contribution < -0.4 is 14.7 Å². The Labute approximate surface area is 455 Å². The Balaban J connectivity index is 0.967. The Bertz CT molecular complexity index is 3530. The molecular weight excluding hydrogens is 1020 g/mol. The molecule has 3 aromatic heterocycles. The Kier molecular flexibility index (Phi) is 16.2. The van der Waals surface area contributed by atoms with Crippen LogP contribution in [0, 0.1) is 0 Å². The zero-order valence-corrected chi connectivity index (χ0v) is 45.1.